The lowest BCUT2D eigenvalue weighted by molar-refractivity contribution is -0.142. The number of unbranched alkanes of at least 4 members (excludes halogenated alkanes) is 1. The highest BCUT2D eigenvalue weighted by atomic mass is 35.5. The quantitative estimate of drug-likeness (QED) is 0.586. The second-order valence-corrected chi connectivity index (χ2v) is 7.09. The average Bonchev–Trinajstić information content (AvgIpc) is 2.72. The molecule has 0 bridgehead atoms. The molecule has 2 rings (SSSR count). The number of hydrogen-bond acceptors (Lipinski definition) is 3. The summed E-state index contributed by atoms with van der Waals surface area (Å²) in [4.78, 5) is 26.8. The Balaban J connectivity index is 2.11. The predicted molar refractivity (Wildman–Crippen MR) is 111 cm³/mol. The van der Waals surface area contributed by atoms with Crippen molar-refractivity contribution in [2.24, 2.45) is 0 Å². The minimum Gasteiger partial charge on any atom is -0.482 e. The number of benzene rings is 2. The predicted octanol–water partition coefficient (Wildman–Crippen LogP) is 4.19. The lowest BCUT2D eigenvalue weighted by Gasteiger charge is -2.28. The lowest BCUT2D eigenvalue weighted by atomic mass is 10.1. The van der Waals surface area contributed by atoms with E-state index in [0.717, 1.165) is 12.8 Å². The molecule has 1 N–H and O–H groups in total. The topological polar surface area (TPSA) is 58.6 Å². The first kappa shape index (κ1) is 22.7. The van der Waals surface area contributed by atoms with E-state index in [-0.39, 0.29) is 30.8 Å². The first-order valence-corrected chi connectivity index (χ1v) is 9.99. The summed E-state index contributed by atoms with van der Waals surface area (Å²) in [5.74, 6) is -0.581. The van der Waals surface area contributed by atoms with Gasteiger partial charge in [0.1, 0.15) is 17.6 Å². The van der Waals surface area contributed by atoms with Gasteiger partial charge in [-0.15, -0.1) is 0 Å². The number of rotatable bonds is 10. The van der Waals surface area contributed by atoms with Gasteiger partial charge < -0.3 is 15.0 Å². The minimum atomic E-state index is -0.709. The molecule has 29 heavy (non-hydrogen) atoms. The summed E-state index contributed by atoms with van der Waals surface area (Å²) in [5.41, 5.74) is 0.714. The Morgan fingerprint density at radius 3 is 2.52 bits per heavy atom. The smallest absolute Gasteiger partial charge is 0.261 e. The van der Waals surface area contributed by atoms with Crippen LogP contribution in [0.15, 0.2) is 48.5 Å². The van der Waals surface area contributed by atoms with Gasteiger partial charge in [-0.2, -0.15) is 0 Å². The van der Waals surface area contributed by atoms with Crippen molar-refractivity contribution in [3.63, 3.8) is 0 Å². The van der Waals surface area contributed by atoms with Crippen LogP contribution in [-0.4, -0.2) is 35.9 Å². The van der Waals surface area contributed by atoms with Gasteiger partial charge in [0, 0.05) is 13.1 Å². The summed E-state index contributed by atoms with van der Waals surface area (Å²) in [6.45, 7) is 4.14. The van der Waals surface area contributed by atoms with Crippen molar-refractivity contribution in [2.75, 3.05) is 13.2 Å². The van der Waals surface area contributed by atoms with E-state index in [1.807, 2.05) is 6.92 Å². The van der Waals surface area contributed by atoms with E-state index < -0.39 is 6.04 Å². The molecule has 0 aliphatic rings. The van der Waals surface area contributed by atoms with Crippen LogP contribution in [0.1, 0.15) is 32.3 Å². The number of nitrogens with zero attached hydrogens (tertiary/aromatic N) is 1. The molecule has 0 spiro atoms. The SMILES string of the molecule is CCCCNC(=O)C(C)N(Cc1ccc(F)cc1)C(=O)COc1ccccc1Cl. The largest absolute Gasteiger partial charge is 0.482 e. The first-order chi connectivity index (χ1) is 13.9. The van der Waals surface area contributed by atoms with Crippen molar-refractivity contribution in [1.29, 1.82) is 0 Å². The summed E-state index contributed by atoms with van der Waals surface area (Å²) in [6.07, 6.45) is 1.82. The van der Waals surface area contributed by atoms with Gasteiger partial charge in [0.15, 0.2) is 6.61 Å². The molecule has 0 saturated carbocycles. The van der Waals surface area contributed by atoms with E-state index in [0.29, 0.717) is 22.9 Å². The summed E-state index contributed by atoms with van der Waals surface area (Å²) >= 11 is 6.07. The average molecular weight is 421 g/mol. The van der Waals surface area contributed by atoms with Gasteiger partial charge in [-0.1, -0.05) is 49.2 Å². The van der Waals surface area contributed by atoms with Crippen LogP contribution in [0.3, 0.4) is 0 Å². The Kier molecular flexibility index (Phi) is 8.93. The lowest BCUT2D eigenvalue weighted by Crippen LogP contribution is -2.49. The van der Waals surface area contributed by atoms with Crippen LogP contribution >= 0.6 is 11.6 Å². The van der Waals surface area contributed by atoms with Crippen LogP contribution in [0.25, 0.3) is 0 Å². The molecule has 2 amide bonds. The zero-order chi connectivity index (χ0) is 21.2. The Bertz CT molecular complexity index is 814. The van der Waals surface area contributed by atoms with Crippen LogP contribution in [-0.2, 0) is 16.1 Å². The van der Waals surface area contributed by atoms with Gasteiger partial charge in [-0.25, -0.2) is 4.39 Å². The molecule has 0 aromatic heterocycles. The molecule has 7 heteroatoms. The van der Waals surface area contributed by atoms with Gasteiger partial charge in [-0.05, 0) is 43.2 Å². The molecule has 1 unspecified atom stereocenters. The van der Waals surface area contributed by atoms with Gasteiger partial charge in [-0.3, -0.25) is 9.59 Å². The van der Waals surface area contributed by atoms with Gasteiger partial charge in [0.25, 0.3) is 5.91 Å². The summed E-state index contributed by atoms with van der Waals surface area (Å²) < 4.78 is 18.8. The molecule has 0 saturated heterocycles. The van der Waals surface area contributed by atoms with Crippen LogP contribution in [0.2, 0.25) is 5.02 Å². The number of hydrogen-bond donors (Lipinski definition) is 1. The standard InChI is InChI=1S/C22H26ClFN2O3/c1-3-4-13-25-22(28)16(2)26(14-17-9-11-18(24)12-10-17)21(27)15-29-20-8-6-5-7-19(20)23/h5-12,16H,3-4,13-15H2,1-2H3,(H,25,28). The fraction of sp³-hybridized carbons (Fsp3) is 0.364. The molecule has 0 aliphatic carbocycles. The fourth-order valence-electron chi connectivity index (χ4n) is 2.69. The van der Waals surface area contributed by atoms with Crippen molar-refractivity contribution >= 4 is 23.4 Å². The van der Waals surface area contributed by atoms with Crippen molar-refractivity contribution in [3.8, 4) is 5.75 Å². The maximum atomic E-state index is 13.2. The number of halogens is 2. The number of carbonyl (C=O) groups excluding carboxylic acids is 2. The molecular formula is C22H26ClFN2O3. The normalized spacial score (nSPS) is 11.6. The Morgan fingerprint density at radius 2 is 1.86 bits per heavy atom. The van der Waals surface area contributed by atoms with Crippen LogP contribution < -0.4 is 10.1 Å². The van der Waals surface area contributed by atoms with Crippen molar-refractivity contribution < 1.29 is 18.7 Å². The molecule has 0 heterocycles. The number of nitrogens with one attached hydrogen (secondary N) is 1. The maximum absolute atomic E-state index is 13.2. The van der Waals surface area contributed by atoms with Crippen LogP contribution in [0, 0.1) is 5.82 Å². The number of para-hydroxylation sites is 1. The fourth-order valence-corrected chi connectivity index (χ4v) is 2.88. The third kappa shape index (κ3) is 7.06. The Hall–Kier alpha value is -2.60. The summed E-state index contributed by atoms with van der Waals surface area (Å²) in [6, 6.07) is 12.0. The highest BCUT2D eigenvalue weighted by Gasteiger charge is 2.26. The first-order valence-electron chi connectivity index (χ1n) is 9.61. The Labute approximate surface area is 175 Å². The monoisotopic (exact) mass is 420 g/mol. The van der Waals surface area contributed by atoms with E-state index in [9.17, 15) is 14.0 Å². The zero-order valence-corrected chi connectivity index (χ0v) is 17.4. The molecular weight excluding hydrogens is 395 g/mol. The van der Waals surface area contributed by atoms with Crippen LogP contribution in [0.5, 0.6) is 5.75 Å². The summed E-state index contributed by atoms with van der Waals surface area (Å²) in [5, 5.41) is 3.24. The molecule has 156 valence electrons. The van der Waals surface area contributed by atoms with Crippen molar-refractivity contribution in [1.82, 2.24) is 10.2 Å². The molecule has 2 aromatic carbocycles. The minimum absolute atomic E-state index is 0.160. The highest BCUT2D eigenvalue weighted by Crippen LogP contribution is 2.23. The molecule has 5 nitrogen and oxygen atoms in total. The Morgan fingerprint density at radius 1 is 1.17 bits per heavy atom. The molecule has 0 radical (unpaired) electrons. The van der Waals surface area contributed by atoms with Gasteiger partial charge >= 0.3 is 0 Å². The van der Waals surface area contributed by atoms with E-state index in [1.54, 1.807) is 43.3 Å². The third-order valence-corrected chi connectivity index (χ3v) is 4.76. The third-order valence-electron chi connectivity index (χ3n) is 4.45. The maximum Gasteiger partial charge on any atom is 0.261 e. The van der Waals surface area contributed by atoms with Crippen LogP contribution in [0.4, 0.5) is 4.39 Å². The van der Waals surface area contributed by atoms with E-state index >= 15 is 0 Å². The number of ether oxygens (including phenoxy) is 1. The van der Waals surface area contributed by atoms with E-state index in [4.69, 9.17) is 16.3 Å². The molecule has 2 aromatic rings. The van der Waals surface area contributed by atoms with Crippen molar-refractivity contribution in [3.05, 3.63) is 64.9 Å². The second-order valence-electron chi connectivity index (χ2n) is 6.69. The number of amides is 2. The summed E-state index contributed by atoms with van der Waals surface area (Å²) in [7, 11) is 0. The zero-order valence-electron chi connectivity index (χ0n) is 16.7. The van der Waals surface area contributed by atoms with Crippen molar-refractivity contribution in [2.45, 2.75) is 39.3 Å². The number of carbonyl (C=O) groups is 2. The molecule has 0 fully saturated rings. The second kappa shape index (κ2) is 11.4. The van der Waals surface area contributed by atoms with Gasteiger partial charge in [0.2, 0.25) is 5.91 Å². The molecule has 1 atom stereocenters. The van der Waals surface area contributed by atoms with E-state index in [2.05, 4.69) is 5.32 Å². The van der Waals surface area contributed by atoms with E-state index in [1.165, 1.54) is 17.0 Å². The highest BCUT2D eigenvalue weighted by molar-refractivity contribution is 6.32. The van der Waals surface area contributed by atoms with Gasteiger partial charge in [0.05, 0.1) is 5.02 Å². The molecule has 0 aliphatic heterocycles.